The van der Waals surface area contributed by atoms with E-state index in [2.05, 4.69) is 0 Å². The van der Waals surface area contributed by atoms with Crippen LogP contribution in [0, 0.1) is 5.92 Å². The molecule has 1 aliphatic rings. The number of nitrogens with two attached hydrogens (primary N) is 1. The van der Waals surface area contributed by atoms with Crippen LogP contribution in [-0.4, -0.2) is 27.2 Å². The van der Waals surface area contributed by atoms with E-state index in [4.69, 9.17) is 19.9 Å². The predicted molar refractivity (Wildman–Crippen MR) is 84.6 cm³/mol. The summed E-state index contributed by atoms with van der Waals surface area (Å²) in [6.07, 6.45) is 4.74. The summed E-state index contributed by atoms with van der Waals surface area (Å²) in [5.41, 5.74) is 6.51. The Hall–Kier alpha value is -1.91. The lowest BCUT2D eigenvalue weighted by atomic mass is 9.76. The molecule has 1 aromatic rings. The zero-order valence-corrected chi connectivity index (χ0v) is 13.6. The Balaban J connectivity index is 2.25. The Kier molecular flexibility index (Phi) is 5.52. The second-order valence-electron chi connectivity index (χ2n) is 5.86. The first-order chi connectivity index (χ1) is 10.6. The second-order valence-corrected chi connectivity index (χ2v) is 5.86. The number of methoxy groups -OCH3 is 3. The van der Waals surface area contributed by atoms with Crippen LogP contribution in [0.4, 0.5) is 0 Å². The first-order valence-corrected chi connectivity index (χ1v) is 7.67. The predicted octanol–water partition coefficient (Wildman–Crippen LogP) is 2.86. The van der Waals surface area contributed by atoms with Crippen LogP contribution in [0.5, 0.6) is 17.2 Å². The monoisotopic (exact) mass is 307 g/mol. The average molecular weight is 307 g/mol. The van der Waals surface area contributed by atoms with E-state index >= 15 is 0 Å². The maximum absolute atomic E-state index is 11.2. The number of ether oxygens (including phenoxy) is 3. The third-order valence-corrected chi connectivity index (χ3v) is 4.43. The van der Waals surface area contributed by atoms with Crippen LogP contribution < -0.4 is 19.9 Å². The highest BCUT2D eigenvalue weighted by molar-refractivity contribution is 5.74. The van der Waals surface area contributed by atoms with Gasteiger partial charge in [-0.15, -0.1) is 0 Å². The molecule has 0 spiro atoms. The zero-order valence-electron chi connectivity index (χ0n) is 13.6. The summed E-state index contributed by atoms with van der Waals surface area (Å²) in [4.78, 5) is 11.2. The largest absolute Gasteiger partial charge is 0.493 e. The van der Waals surface area contributed by atoms with Crippen LogP contribution in [0.1, 0.15) is 43.6 Å². The van der Waals surface area contributed by atoms with Gasteiger partial charge in [0.25, 0.3) is 0 Å². The summed E-state index contributed by atoms with van der Waals surface area (Å²) in [6.45, 7) is 0. The molecule has 1 fully saturated rings. The van der Waals surface area contributed by atoms with Crippen LogP contribution in [0.3, 0.4) is 0 Å². The molecule has 1 amide bonds. The van der Waals surface area contributed by atoms with Gasteiger partial charge in [0.2, 0.25) is 11.7 Å². The van der Waals surface area contributed by atoms with Crippen molar-refractivity contribution in [2.75, 3.05) is 21.3 Å². The minimum Gasteiger partial charge on any atom is -0.493 e. The Morgan fingerprint density at radius 2 is 1.77 bits per heavy atom. The van der Waals surface area contributed by atoms with E-state index in [1.807, 2.05) is 12.1 Å². The molecular formula is C17H25NO4. The van der Waals surface area contributed by atoms with Crippen molar-refractivity contribution in [1.82, 2.24) is 0 Å². The maximum atomic E-state index is 11.2. The molecule has 2 unspecified atom stereocenters. The maximum Gasteiger partial charge on any atom is 0.217 e. The first kappa shape index (κ1) is 16.5. The lowest BCUT2D eigenvalue weighted by Crippen LogP contribution is -2.21. The van der Waals surface area contributed by atoms with E-state index in [9.17, 15) is 4.79 Å². The Morgan fingerprint density at radius 3 is 2.27 bits per heavy atom. The van der Waals surface area contributed by atoms with E-state index in [1.54, 1.807) is 21.3 Å². The van der Waals surface area contributed by atoms with Crippen molar-refractivity contribution in [1.29, 1.82) is 0 Å². The number of carbonyl (C=O) groups is 1. The number of hydrogen-bond acceptors (Lipinski definition) is 4. The zero-order chi connectivity index (χ0) is 16.1. The SMILES string of the molecule is COc1cc(C2CCCC(CC(N)=O)C2)cc(OC)c1OC. The van der Waals surface area contributed by atoms with Crippen molar-refractivity contribution < 1.29 is 19.0 Å². The molecule has 0 radical (unpaired) electrons. The smallest absolute Gasteiger partial charge is 0.217 e. The van der Waals surface area contributed by atoms with Gasteiger partial charge in [0.05, 0.1) is 21.3 Å². The molecule has 0 heterocycles. The molecule has 2 atom stereocenters. The van der Waals surface area contributed by atoms with Crippen LogP contribution >= 0.6 is 0 Å². The fourth-order valence-electron chi connectivity index (χ4n) is 3.40. The lowest BCUT2D eigenvalue weighted by molar-refractivity contribution is -0.119. The third kappa shape index (κ3) is 3.64. The molecule has 1 saturated carbocycles. The number of benzene rings is 1. The van der Waals surface area contributed by atoms with Crippen molar-refractivity contribution in [2.45, 2.75) is 38.0 Å². The number of carbonyl (C=O) groups excluding carboxylic acids is 1. The van der Waals surface area contributed by atoms with E-state index in [1.165, 1.54) is 5.56 Å². The van der Waals surface area contributed by atoms with Gasteiger partial charge in [0.1, 0.15) is 0 Å². The van der Waals surface area contributed by atoms with Gasteiger partial charge in [-0.2, -0.15) is 0 Å². The summed E-state index contributed by atoms with van der Waals surface area (Å²) in [7, 11) is 4.85. The number of hydrogen-bond donors (Lipinski definition) is 1. The number of rotatable bonds is 6. The molecule has 0 saturated heterocycles. The van der Waals surface area contributed by atoms with Crippen molar-refractivity contribution in [2.24, 2.45) is 11.7 Å². The summed E-state index contributed by atoms with van der Waals surface area (Å²) < 4.78 is 16.2. The molecule has 2 rings (SSSR count). The van der Waals surface area contributed by atoms with Gasteiger partial charge in [-0.1, -0.05) is 6.42 Å². The van der Waals surface area contributed by atoms with E-state index in [-0.39, 0.29) is 5.91 Å². The van der Waals surface area contributed by atoms with Gasteiger partial charge >= 0.3 is 0 Å². The summed E-state index contributed by atoms with van der Waals surface area (Å²) >= 11 is 0. The fraction of sp³-hybridized carbons (Fsp3) is 0.588. The van der Waals surface area contributed by atoms with Crippen LogP contribution in [0.2, 0.25) is 0 Å². The Bertz CT molecular complexity index is 504. The third-order valence-electron chi connectivity index (χ3n) is 4.43. The van der Waals surface area contributed by atoms with E-state index < -0.39 is 0 Å². The summed E-state index contributed by atoms with van der Waals surface area (Å²) in [5.74, 6) is 2.51. The Morgan fingerprint density at radius 1 is 1.14 bits per heavy atom. The molecule has 22 heavy (non-hydrogen) atoms. The number of amides is 1. The van der Waals surface area contributed by atoms with E-state index in [0.29, 0.717) is 35.5 Å². The van der Waals surface area contributed by atoms with E-state index in [0.717, 1.165) is 25.7 Å². The average Bonchev–Trinajstić information content (AvgIpc) is 2.52. The highest BCUT2D eigenvalue weighted by atomic mass is 16.5. The number of primary amides is 1. The molecule has 0 aromatic heterocycles. The highest BCUT2D eigenvalue weighted by Gasteiger charge is 2.26. The Labute approximate surface area is 131 Å². The normalized spacial score (nSPS) is 21.2. The summed E-state index contributed by atoms with van der Waals surface area (Å²) in [5, 5.41) is 0. The standard InChI is InChI=1S/C17H25NO4/c1-20-14-9-13(10-15(21-2)17(14)22-3)12-6-4-5-11(7-12)8-16(18)19/h9-12H,4-8H2,1-3H3,(H2,18,19). The molecule has 0 bridgehead atoms. The molecule has 1 aromatic carbocycles. The van der Waals surface area contributed by atoms with Gasteiger partial charge in [0, 0.05) is 6.42 Å². The minimum absolute atomic E-state index is 0.212. The van der Waals surface area contributed by atoms with Crippen LogP contribution in [0.25, 0.3) is 0 Å². The van der Waals surface area contributed by atoms with Gasteiger partial charge < -0.3 is 19.9 Å². The summed E-state index contributed by atoms with van der Waals surface area (Å²) in [6, 6.07) is 4.03. The van der Waals surface area contributed by atoms with Gasteiger partial charge in [-0.25, -0.2) is 0 Å². The van der Waals surface area contributed by atoms with Crippen LogP contribution in [0.15, 0.2) is 12.1 Å². The lowest BCUT2D eigenvalue weighted by Gasteiger charge is -2.29. The van der Waals surface area contributed by atoms with Gasteiger partial charge in [-0.05, 0) is 48.8 Å². The van der Waals surface area contributed by atoms with Gasteiger partial charge in [0.15, 0.2) is 11.5 Å². The van der Waals surface area contributed by atoms with Crippen molar-refractivity contribution >= 4 is 5.91 Å². The molecule has 5 nitrogen and oxygen atoms in total. The van der Waals surface area contributed by atoms with Crippen molar-refractivity contribution in [3.05, 3.63) is 17.7 Å². The molecular weight excluding hydrogens is 282 g/mol. The van der Waals surface area contributed by atoms with Crippen LogP contribution in [-0.2, 0) is 4.79 Å². The molecule has 0 aliphatic heterocycles. The molecule has 122 valence electrons. The second kappa shape index (κ2) is 7.38. The van der Waals surface area contributed by atoms with Gasteiger partial charge in [-0.3, -0.25) is 4.79 Å². The van der Waals surface area contributed by atoms with Crippen molar-refractivity contribution in [3.8, 4) is 17.2 Å². The topological polar surface area (TPSA) is 70.8 Å². The first-order valence-electron chi connectivity index (χ1n) is 7.67. The van der Waals surface area contributed by atoms with Crippen molar-refractivity contribution in [3.63, 3.8) is 0 Å². The minimum atomic E-state index is -0.212. The molecule has 1 aliphatic carbocycles. The molecule has 5 heteroatoms. The quantitative estimate of drug-likeness (QED) is 0.877. The molecule has 2 N–H and O–H groups in total. The highest BCUT2D eigenvalue weighted by Crippen LogP contribution is 2.44. The fourth-order valence-corrected chi connectivity index (χ4v) is 3.40.